The van der Waals surface area contributed by atoms with Gasteiger partial charge in [-0.05, 0) is 39.9 Å². The summed E-state index contributed by atoms with van der Waals surface area (Å²) in [6.07, 6.45) is 2.21. The number of hydrogen-bond donors (Lipinski definition) is 1. The minimum Gasteiger partial charge on any atom is -0.352 e. The van der Waals surface area contributed by atoms with E-state index in [1.165, 1.54) is 18.3 Å². The second-order valence-electron chi connectivity index (χ2n) is 6.38. The molecule has 0 aromatic carbocycles. The van der Waals surface area contributed by atoms with Gasteiger partial charge < -0.3 is 15.1 Å². The zero-order chi connectivity index (χ0) is 17.7. The molecule has 1 saturated heterocycles. The summed E-state index contributed by atoms with van der Waals surface area (Å²) in [4.78, 5) is 40.0. The number of thiophene rings is 1. The average molecular weight is 351 g/mol. The van der Waals surface area contributed by atoms with Crippen molar-refractivity contribution in [2.45, 2.75) is 32.2 Å². The van der Waals surface area contributed by atoms with E-state index in [9.17, 15) is 14.4 Å². The van der Waals surface area contributed by atoms with Gasteiger partial charge in [0.15, 0.2) is 5.78 Å². The quantitative estimate of drug-likeness (QED) is 0.723. The Morgan fingerprint density at radius 3 is 2.79 bits per heavy atom. The molecule has 0 radical (unpaired) electrons. The molecule has 132 valence electrons. The van der Waals surface area contributed by atoms with Crippen LogP contribution in [0.4, 0.5) is 0 Å². The summed E-state index contributed by atoms with van der Waals surface area (Å²) in [6.45, 7) is 3.60. The maximum absolute atomic E-state index is 12.1. The molecule has 0 aliphatic carbocycles. The normalized spacial score (nSPS) is 17.6. The smallest absolute Gasteiger partial charge is 0.252 e. The lowest BCUT2D eigenvalue weighted by Crippen LogP contribution is -2.40. The van der Waals surface area contributed by atoms with E-state index in [0.29, 0.717) is 23.4 Å². The van der Waals surface area contributed by atoms with Crippen molar-refractivity contribution in [3.8, 4) is 0 Å². The molecule has 1 N–H and O–H groups in total. The molecule has 24 heavy (non-hydrogen) atoms. The van der Waals surface area contributed by atoms with Gasteiger partial charge in [-0.3, -0.25) is 14.4 Å². The maximum atomic E-state index is 12.1. The summed E-state index contributed by atoms with van der Waals surface area (Å²) in [5.74, 6) is 0.0140. The Labute approximate surface area is 146 Å². The number of carbonyl (C=O) groups excluding carboxylic acids is 3. The maximum Gasteiger partial charge on any atom is 0.252 e. The van der Waals surface area contributed by atoms with Crippen molar-refractivity contribution >= 4 is 28.9 Å². The molecular weight excluding hydrogens is 326 g/mol. The summed E-state index contributed by atoms with van der Waals surface area (Å²) in [5.41, 5.74) is 0.525. The van der Waals surface area contributed by atoms with Crippen LogP contribution >= 0.6 is 11.3 Å². The first kappa shape index (κ1) is 18.6. The van der Waals surface area contributed by atoms with Crippen LogP contribution in [-0.4, -0.2) is 67.2 Å². The van der Waals surface area contributed by atoms with Gasteiger partial charge in [0.1, 0.15) is 0 Å². The van der Waals surface area contributed by atoms with Crippen LogP contribution in [0.2, 0.25) is 0 Å². The lowest BCUT2D eigenvalue weighted by atomic mass is 10.1. The lowest BCUT2D eigenvalue weighted by Gasteiger charge is -2.26. The van der Waals surface area contributed by atoms with Crippen LogP contribution in [0.15, 0.2) is 11.4 Å². The first-order valence-corrected chi connectivity index (χ1v) is 9.08. The molecule has 0 bridgehead atoms. The predicted octanol–water partition coefficient (Wildman–Crippen LogP) is 1.62. The van der Waals surface area contributed by atoms with Gasteiger partial charge in [0, 0.05) is 37.5 Å². The zero-order valence-corrected chi connectivity index (χ0v) is 15.3. The zero-order valence-electron chi connectivity index (χ0n) is 14.5. The molecule has 1 atom stereocenters. The molecule has 1 aliphatic rings. The highest BCUT2D eigenvalue weighted by molar-refractivity contribution is 7.12. The molecule has 0 spiro atoms. The van der Waals surface area contributed by atoms with Gasteiger partial charge in [0.05, 0.1) is 10.4 Å². The van der Waals surface area contributed by atoms with Gasteiger partial charge in [-0.2, -0.15) is 0 Å². The van der Waals surface area contributed by atoms with Crippen LogP contribution in [0.5, 0.6) is 0 Å². The van der Waals surface area contributed by atoms with Crippen LogP contribution in [0.1, 0.15) is 46.2 Å². The summed E-state index contributed by atoms with van der Waals surface area (Å²) in [6, 6.07) is 1.83. The van der Waals surface area contributed by atoms with E-state index in [-0.39, 0.29) is 23.6 Å². The fourth-order valence-electron chi connectivity index (χ4n) is 2.80. The van der Waals surface area contributed by atoms with E-state index in [4.69, 9.17) is 0 Å². The third-order valence-corrected chi connectivity index (χ3v) is 5.24. The number of ketones is 1. The van der Waals surface area contributed by atoms with Crippen molar-refractivity contribution in [3.05, 3.63) is 21.9 Å². The molecule has 2 rings (SSSR count). The van der Waals surface area contributed by atoms with Gasteiger partial charge in [-0.25, -0.2) is 0 Å². The topological polar surface area (TPSA) is 69.7 Å². The largest absolute Gasteiger partial charge is 0.352 e. The van der Waals surface area contributed by atoms with Crippen molar-refractivity contribution < 1.29 is 14.4 Å². The highest BCUT2D eigenvalue weighted by Gasteiger charge is 2.30. The molecular formula is C17H25N3O3S. The molecule has 1 aromatic rings. The molecule has 2 heterocycles. The molecule has 7 heteroatoms. The predicted molar refractivity (Wildman–Crippen MR) is 94.6 cm³/mol. The number of likely N-dealkylation sites (N-methyl/N-ethyl adjacent to an activating group) is 1. The second-order valence-corrected chi connectivity index (χ2v) is 7.29. The monoisotopic (exact) mass is 351 g/mol. The Morgan fingerprint density at radius 2 is 2.17 bits per heavy atom. The number of nitrogens with zero attached hydrogens (tertiary/aromatic N) is 2. The van der Waals surface area contributed by atoms with Crippen LogP contribution in [0.25, 0.3) is 0 Å². The van der Waals surface area contributed by atoms with E-state index in [1.54, 1.807) is 11.4 Å². The number of carbonyl (C=O) groups is 3. The molecule has 1 aromatic heterocycles. The fraction of sp³-hybridized carbons (Fsp3) is 0.588. The van der Waals surface area contributed by atoms with Crippen LogP contribution in [-0.2, 0) is 4.79 Å². The molecule has 0 unspecified atom stereocenters. The third kappa shape index (κ3) is 4.88. The SMILES string of the molecule is CC(=O)c1cc(C(=O)NCC[C@@H]2CCC(=O)N2CCN(C)C)cs1. The van der Waals surface area contributed by atoms with Gasteiger partial charge in [0.2, 0.25) is 5.91 Å². The van der Waals surface area contributed by atoms with Gasteiger partial charge in [-0.15, -0.1) is 11.3 Å². The van der Waals surface area contributed by atoms with E-state index in [2.05, 4.69) is 10.2 Å². The fourth-order valence-corrected chi connectivity index (χ4v) is 3.59. The number of Topliss-reactive ketones (excluding diaryl/α,β-unsaturated/α-hetero) is 1. The van der Waals surface area contributed by atoms with E-state index in [1.807, 2.05) is 19.0 Å². The minimum atomic E-state index is -0.164. The number of rotatable bonds is 8. The first-order valence-electron chi connectivity index (χ1n) is 8.20. The van der Waals surface area contributed by atoms with Crippen molar-refractivity contribution in [1.82, 2.24) is 15.1 Å². The molecule has 1 fully saturated rings. The Kier molecular flexibility index (Phi) is 6.51. The summed E-state index contributed by atoms with van der Waals surface area (Å²) >= 11 is 1.29. The number of amides is 2. The Bertz CT molecular complexity index is 612. The van der Waals surface area contributed by atoms with Crippen LogP contribution in [0, 0.1) is 0 Å². The summed E-state index contributed by atoms with van der Waals surface area (Å²) in [5, 5.41) is 4.59. The number of hydrogen-bond acceptors (Lipinski definition) is 5. The molecule has 6 nitrogen and oxygen atoms in total. The van der Waals surface area contributed by atoms with Crippen molar-refractivity contribution in [1.29, 1.82) is 0 Å². The molecule has 2 amide bonds. The van der Waals surface area contributed by atoms with E-state index in [0.717, 1.165) is 25.9 Å². The average Bonchev–Trinajstić information content (AvgIpc) is 3.13. The molecule has 1 aliphatic heterocycles. The minimum absolute atomic E-state index is 0.0277. The lowest BCUT2D eigenvalue weighted by molar-refractivity contribution is -0.129. The standard InChI is InChI=1S/C17H25N3O3S/c1-12(21)15-10-13(11-24-15)17(23)18-7-6-14-4-5-16(22)20(14)9-8-19(2)3/h10-11,14H,4-9H2,1-3H3,(H,18,23)/t14-/m0/s1. The van der Waals surface area contributed by atoms with Crippen molar-refractivity contribution in [2.24, 2.45) is 0 Å². The van der Waals surface area contributed by atoms with Gasteiger partial charge >= 0.3 is 0 Å². The van der Waals surface area contributed by atoms with Gasteiger partial charge in [-0.1, -0.05) is 0 Å². The second kappa shape index (κ2) is 8.39. The molecule has 0 saturated carbocycles. The van der Waals surface area contributed by atoms with Crippen LogP contribution < -0.4 is 5.32 Å². The highest BCUT2D eigenvalue weighted by atomic mass is 32.1. The summed E-state index contributed by atoms with van der Waals surface area (Å²) in [7, 11) is 3.98. The van der Waals surface area contributed by atoms with Gasteiger partial charge in [0.25, 0.3) is 5.91 Å². The van der Waals surface area contributed by atoms with Crippen molar-refractivity contribution in [2.75, 3.05) is 33.7 Å². The Balaban J connectivity index is 1.80. The Morgan fingerprint density at radius 1 is 1.42 bits per heavy atom. The number of nitrogens with one attached hydrogen (secondary N) is 1. The van der Waals surface area contributed by atoms with E-state index < -0.39 is 0 Å². The first-order chi connectivity index (χ1) is 11.4. The highest BCUT2D eigenvalue weighted by Crippen LogP contribution is 2.21. The van der Waals surface area contributed by atoms with Crippen molar-refractivity contribution in [3.63, 3.8) is 0 Å². The van der Waals surface area contributed by atoms with E-state index >= 15 is 0 Å². The van der Waals surface area contributed by atoms with Crippen LogP contribution in [0.3, 0.4) is 0 Å². The third-order valence-electron chi connectivity index (χ3n) is 4.21. The number of likely N-dealkylation sites (tertiary alicyclic amines) is 1. The summed E-state index contributed by atoms with van der Waals surface area (Å²) < 4.78 is 0. The Hall–Kier alpha value is -1.73.